The number of carboxylic acids is 1. The number of nitrogens with zero attached hydrogens (tertiary/aromatic N) is 1. The van der Waals surface area contributed by atoms with Crippen LogP contribution in [0, 0.1) is 0 Å². The predicted octanol–water partition coefficient (Wildman–Crippen LogP) is 2.26. The summed E-state index contributed by atoms with van der Waals surface area (Å²) in [6.07, 6.45) is 1.78. The number of thioether (sulfide) groups is 1. The standard InChI is InChI=1S/C20H17NO4S2/c1-25-16-10-6-5-9-14(16)12-17-18(22)21(20(26)27-17)15(19(23)24)11-13-7-3-2-4-8-13/h2-10,12,15H,11H2,1H3,(H,23,24)/p-1/b17-12-/t15-/m0/s1. The van der Waals surface area contributed by atoms with Crippen molar-refractivity contribution in [2.24, 2.45) is 0 Å². The fourth-order valence-electron chi connectivity index (χ4n) is 2.79. The van der Waals surface area contributed by atoms with Crippen LogP contribution in [0.3, 0.4) is 0 Å². The highest BCUT2D eigenvalue weighted by molar-refractivity contribution is 8.26. The zero-order valence-electron chi connectivity index (χ0n) is 14.5. The number of hydrogen-bond donors (Lipinski definition) is 0. The Balaban J connectivity index is 1.90. The number of hydrogen-bond acceptors (Lipinski definition) is 6. The molecule has 1 fully saturated rings. The van der Waals surface area contributed by atoms with Gasteiger partial charge in [-0.1, -0.05) is 72.5 Å². The van der Waals surface area contributed by atoms with Crippen molar-refractivity contribution in [3.05, 3.63) is 70.6 Å². The van der Waals surface area contributed by atoms with E-state index >= 15 is 0 Å². The largest absolute Gasteiger partial charge is 0.548 e. The van der Waals surface area contributed by atoms with Crippen LogP contribution < -0.4 is 9.84 Å². The van der Waals surface area contributed by atoms with Crippen LogP contribution >= 0.6 is 24.0 Å². The van der Waals surface area contributed by atoms with Gasteiger partial charge in [0.2, 0.25) is 0 Å². The fraction of sp³-hybridized carbons (Fsp3) is 0.150. The number of amides is 1. The van der Waals surface area contributed by atoms with E-state index in [1.807, 2.05) is 36.4 Å². The van der Waals surface area contributed by atoms with Gasteiger partial charge in [-0.05, 0) is 24.1 Å². The summed E-state index contributed by atoms with van der Waals surface area (Å²) in [6.45, 7) is 0. The van der Waals surface area contributed by atoms with Crippen LogP contribution in [0.4, 0.5) is 0 Å². The summed E-state index contributed by atoms with van der Waals surface area (Å²) in [5.41, 5.74) is 1.50. The summed E-state index contributed by atoms with van der Waals surface area (Å²) in [5.74, 6) is -1.17. The minimum absolute atomic E-state index is 0.123. The molecule has 1 atom stereocenters. The second-order valence-electron chi connectivity index (χ2n) is 5.82. The summed E-state index contributed by atoms with van der Waals surface area (Å²) in [7, 11) is 1.55. The van der Waals surface area contributed by atoms with Gasteiger partial charge in [0.25, 0.3) is 5.91 Å². The number of para-hydroxylation sites is 1. The van der Waals surface area contributed by atoms with Crippen molar-refractivity contribution in [3.63, 3.8) is 0 Å². The normalized spacial score (nSPS) is 16.6. The second kappa shape index (κ2) is 8.37. The van der Waals surface area contributed by atoms with E-state index in [0.717, 1.165) is 22.2 Å². The molecule has 7 heteroatoms. The van der Waals surface area contributed by atoms with Crippen molar-refractivity contribution < 1.29 is 19.4 Å². The molecule has 1 amide bonds. The first-order valence-electron chi connectivity index (χ1n) is 8.16. The number of benzene rings is 2. The molecule has 0 N–H and O–H groups in total. The number of thiocarbonyl (C=S) groups is 1. The quantitative estimate of drug-likeness (QED) is 0.549. The van der Waals surface area contributed by atoms with E-state index < -0.39 is 17.9 Å². The molecule has 1 aliphatic heterocycles. The van der Waals surface area contributed by atoms with E-state index in [1.165, 1.54) is 0 Å². The number of ether oxygens (including phenoxy) is 1. The SMILES string of the molecule is COc1ccccc1/C=C1\SC(=S)N([C@@H](Cc2ccccc2)C(=O)[O-])C1=O. The van der Waals surface area contributed by atoms with Crippen LogP contribution in [0.2, 0.25) is 0 Å². The van der Waals surface area contributed by atoms with Crippen molar-refractivity contribution >= 4 is 46.3 Å². The number of methoxy groups -OCH3 is 1. The molecule has 138 valence electrons. The predicted molar refractivity (Wildman–Crippen MR) is 107 cm³/mol. The van der Waals surface area contributed by atoms with Gasteiger partial charge in [-0.25, -0.2) is 0 Å². The number of carboxylic acid groups (broad SMARTS) is 1. The van der Waals surface area contributed by atoms with Crippen LogP contribution in [-0.4, -0.2) is 34.2 Å². The molecule has 1 heterocycles. The van der Waals surface area contributed by atoms with Crippen molar-refractivity contribution in [1.82, 2.24) is 4.90 Å². The lowest BCUT2D eigenvalue weighted by Crippen LogP contribution is -2.51. The third-order valence-electron chi connectivity index (χ3n) is 4.10. The lowest BCUT2D eigenvalue weighted by molar-refractivity contribution is -0.310. The maximum atomic E-state index is 12.9. The number of aliphatic carboxylic acids is 1. The molecule has 1 aliphatic rings. The Bertz CT molecular complexity index is 911. The molecule has 5 nitrogen and oxygen atoms in total. The third kappa shape index (κ3) is 4.20. The highest BCUT2D eigenvalue weighted by Crippen LogP contribution is 2.35. The van der Waals surface area contributed by atoms with Gasteiger partial charge in [-0.2, -0.15) is 0 Å². The molecule has 0 aromatic heterocycles. The number of carbonyl (C=O) groups is 2. The molecule has 2 aromatic rings. The van der Waals surface area contributed by atoms with Crippen LogP contribution in [0.15, 0.2) is 59.5 Å². The zero-order valence-corrected chi connectivity index (χ0v) is 16.1. The van der Waals surface area contributed by atoms with E-state index in [9.17, 15) is 14.7 Å². The number of rotatable bonds is 6. The molecule has 0 saturated carbocycles. The molecule has 0 bridgehead atoms. The van der Waals surface area contributed by atoms with Crippen molar-refractivity contribution in [1.29, 1.82) is 0 Å². The van der Waals surface area contributed by atoms with Gasteiger partial charge >= 0.3 is 0 Å². The Kier molecular flexibility index (Phi) is 5.93. The van der Waals surface area contributed by atoms with Gasteiger partial charge in [-0.3, -0.25) is 9.69 Å². The smallest absolute Gasteiger partial charge is 0.266 e. The van der Waals surface area contributed by atoms with Crippen molar-refractivity contribution in [2.75, 3.05) is 7.11 Å². The summed E-state index contributed by atoms with van der Waals surface area (Å²) in [6, 6.07) is 15.2. The van der Waals surface area contributed by atoms with Crippen LogP contribution in [0.1, 0.15) is 11.1 Å². The molecule has 0 aliphatic carbocycles. The monoisotopic (exact) mass is 398 g/mol. The van der Waals surface area contributed by atoms with E-state index in [-0.39, 0.29) is 10.7 Å². The lowest BCUT2D eigenvalue weighted by atomic mass is 10.0. The summed E-state index contributed by atoms with van der Waals surface area (Å²) in [5, 5.41) is 11.7. The van der Waals surface area contributed by atoms with Gasteiger partial charge in [0.15, 0.2) is 0 Å². The zero-order chi connectivity index (χ0) is 19.4. The Hall–Kier alpha value is -2.64. The average molecular weight is 398 g/mol. The molecular weight excluding hydrogens is 382 g/mol. The van der Waals surface area contributed by atoms with E-state index in [1.54, 1.807) is 31.4 Å². The minimum Gasteiger partial charge on any atom is -0.548 e. The molecule has 0 spiro atoms. The molecular formula is C20H16NO4S2-. The highest BCUT2D eigenvalue weighted by atomic mass is 32.2. The Morgan fingerprint density at radius 2 is 1.89 bits per heavy atom. The second-order valence-corrected chi connectivity index (χ2v) is 7.49. The topological polar surface area (TPSA) is 69.7 Å². The van der Waals surface area contributed by atoms with Gasteiger partial charge in [0, 0.05) is 5.56 Å². The third-order valence-corrected chi connectivity index (χ3v) is 5.44. The Morgan fingerprint density at radius 1 is 1.22 bits per heavy atom. The Morgan fingerprint density at radius 3 is 2.56 bits per heavy atom. The maximum absolute atomic E-state index is 12.9. The van der Waals surface area contributed by atoms with Crippen molar-refractivity contribution in [3.8, 4) is 5.75 Å². The van der Waals surface area contributed by atoms with Crippen LogP contribution in [0.5, 0.6) is 5.75 Å². The Labute approximate surface area is 166 Å². The van der Waals surface area contributed by atoms with Crippen LogP contribution in [0.25, 0.3) is 6.08 Å². The highest BCUT2D eigenvalue weighted by Gasteiger charge is 2.37. The molecule has 1 saturated heterocycles. The maximum Gasteiger partial charge on any atom is 0.266 e. The molecule has 2 aromatic carbocycles. The molecule has 0 radical (unpaired) electrons. The summed E-state index contributed by atoms with van der Waals surface area (Å²) in [4.78, 5) is 26.1. The molecule has 3 rings (SSSR count). The first-order chi connectivity index (χ1) is 13.0. The van der Waals surface area contributed by atoms with Crippen molar-refractivity contribution in [2.45, 2.75) is 12.5 Å². The number of carbonyl (C=O) groups excluding carboxylic acids is 2. The first kappa shape index (κ1) is 19.1. The molecule has 0 unspecified atom stereocenters. The van der Waals surface area contributed by atoms with Gasteiger partial charge in [0.05, 0.1) is 24.0 Å². The fourth-order valence-corrected chi connectivity index (χ4v) is 4.14. The summed E-state index contributed by atoms with van der Waals surface area (Å²) < 4.78 is 5.49. The summed E-state index contributed by atoms with van der Waals surface area (Å²) >= 11 is 6.36. The van der Waals surface area contributed by atoms with Gasteiger partial charge < -0.3 is 14.6 Å². The van der Waals surface area contributed by atoms with Gasteiger partial charge in [0.1, 0.15) is 10.1 Å². The van der Waals surface area contributed by atoms with E-state index in [2.05, 4.69) is 0 Å². The van der Waals surface area contributed by atoms with E-state index in [0.29, 0.717) is 16.2 Å². The average Bonchev–Trinajstić information content (AvgIpc) is 2.94. The van der Waals surface area contributed by atoms with Crippen LogP contribution in [-0.2, 0) is 16.0 Å². The lowest BCUT2D eigenvalue weighted by Gasteiger charge is -2.27. The minimum atomic E-state index is -1.34. The van der Waals surface area contributed by atoms with E-state index in [4.69, 9.17) is 17.0 Å². The molecule has 27 heavy (non-hydrogen) atoms. The van der Waals surface area contributed by atoms with Gasteiger partial charge in [-0.15, -0.1) is 0 Å². The first-order valence-corrected chi connectivity index (χ1v) is 9.38.